The molecular weight excluding hydrogens is 515 g/mol. The first-order valence-electron chi connectivity index (χ1n) is 12.1. The van der Waals surface area contributed by atoms with Crippen molar-refractivity contribution >= 4 is 46.4 Å². The van der Waals surface area contributed by atoms with Gasteiger partial charge in [-0.3, -0.25) is 4.79 Å². The van der Waals surface area contributed by atoms with Crippen LogP contribution in [0.1, 0.15) is 55.8 Å². The second kappa shape index (κ2) is 8.81. The van der Waals surface area contributed by atoms with Gasteiger partial charge in [-0.2, -0.15) is 5.10 Å². The maximum atomic E-state index is 13.3. The Labute approximate surface area is 222 Å². The zero-order valence-corrected chi connectivity index (χ0v) is 21.5. The van der Waals surface area contributed by atoms with E-state index in [-0.39, 0.29) is 33.3 Å². The van der Waals surface area contributed by atoms with Crippen molar-refractivity contribution in [2.75, 3.05) is 11.1 Å². The highest BCUT2D eigenvalue weighted by Gasteiger charge is 2.49. The number of hydrogen-bond donors (Lipinski definition) is 3. The lowest BCUT2D eigenvalue weighted by Crippen LogP contribution is -2.33. The smallest absolute Gasteiger partial charge is 0.240 e. The first-order valence-corrected chi connectivity index (χ1v) is 12.9. The molecule has 6 rings (SSSR count). The minimum Gasteiger partial charge on any atom is -0.505 e. The molecule has 1 fully saturated rings. The lowest BCUT2D eigenvalue weighted by molar-refractivity contribution is -0.119. The van der Waals surface area contributed by atoms with Gasteiger partial charge in [-0.05, 0) is 30.9 Å². The number of halogens is 2. The van der Waals surface area contributed by atoms with Gasteiger partial charge >= 0.3 is 0 Å². The second-order valence-corrected chi connectivity index (χ2v) is 10.6. The molecule has 4 aromatic rings. The Morgan fingerprint density at radius 2 is 1.97 bits per heavy atom. The van der Waals surface area contributed by atoms with E-state index in [0.717, 1.165) is 12.1 Å². The van der Waals surface area contributed by atoms with E-state index >= 15 is 0 Å². The van der Waals surface area contributed by atoms with Gasteiger partial charge < -0.3 is 16.2 Å². The summed E-state index contributed by atoms with van der Waals surface area (Å²) in [5.74, 6) is 0.449. The third kappa shape index (κ3) is 3.77. The highest BCUT2D eigenvalue weighted by Crippen LogP contribution is 2.49. The number of anilines is 2. The highest BCUT2D eigenvalue weighted by atomic mass is 35.5. The minimum absolute atomic E-state index is 0.0351. The number of carbonyl (C=O) groups is 1. The second-order valence-electron chi connectivity index (χ2n) is 9.80. The maximum absolute atomic E-state index is 13.3. The molecule has 2 aliphatic rings. The Kier molecular flexibility index (Phi) is 5.68. The number of hydrogen-bond acceptors (Lipinski definition) is 8. The quantitative estimate of drug-likeness (QED) is 0.343. The van der Waals surface area contributed by atoms with Crippen LogP contribution in [-0.4, -0.2) is 40.6 Å². The summed E-state index contributed by atoms with van der Waals surface area (Å²) < 4.78 is 1.67. The van der Waals surface area contributed by atoms with Crippen LogP contribution in [0, 0.1) is 5.92 Å². The van der Waals surface area contributed by atoms with Gasteiger partial charge in [0.05, 0.1) is 27.5 Å². The monoisotopic (exact) mass is 538 g/mol. The molecule has 0 spiro atoms. The molecule has 0 bridgehead atoms. The van der Waals surface area contributed by atoms with Crippen molar-refractivity contribution in [3.8, 4) is 17.3 Å². The molecule has 0 radical (unpaired) electrons. The Hall–Kier alpha value is -3.50. The number of benzene rings is 1. The maximum Gasteiger partial charge on any atom is 0.240 e. The third-order valence-corrected chi connectivity index (χ3v) is 8.18. The van der Waals surface area contributed by atoms with Crippen LogP contribution in [0.15, 0.2) is 24.7 Å². The molecule has 1 saturated carbocycles. The van der Waals surface area contributed by atoms with Crippen LogP contribution in [0.25, 0.3) is 17.2 Å². The molecule has 1 amide bonds. The SMILES string of the molecule is CC1(c2ccc(Cl)c(O)c2Cl)C(=O)Nc2nc(-c3cn4ncnc4c(CC4CCCCC4)n3)nc(N)c21. The highest BCUT2D eigenvalue weighted by molar-refractivity contribution is 6.38. The largest absolute Gasteiger partial charge is 0.505 e. The van der Waals surface area contributed by atoms with Crippen molar-refractivity contribution < 1.29 is 9.90 Å². The summed E-state index contributed by atoms with van der Waals surface area (Å²) in [6.07, 6.45) is 10.1. The number of aromatic hydroxyl groups is 1. The Morgan fingerprint density at radius 3 is 2.76 bits per heavy atom. The fourth-order valence-electron chi connectivity index (χ4n) is 5.51. The summed E-state index contributed by atoms with van der Waals surface area (Å²) in [4.78, 5) is 31.7. The van der Waals surface area contributed by atoms with Crippen molar-refractivity contribution in [2.45, 2.75) is 50.9 Å². The number of amides is 1. The molecule has 1 aliphatic carbocycles. The average Bonchev–Trinajstić information content (AvgIpc) is 3.46. The lowest BCUT2D eigenvalue weighted by atomic mass is 9.77. The topological polar surface area (TPSA) is 144 Å². The Morgan fingerprint density at radius 1 is 1.19 bits per heavy atom. The number of nitrogen functional groups attached to an aromatic ring is 1. The van der Waals surface area contributed by atoms with E-state index in [2.05, 4.69) is 25.4 Å². The summed E-state index contributed by atoms with van der Waals surface area (Å²) in [5, 5.41) is 17.5. The molecule has 1 aliphatic heterocycles. The predicted octanol–water partition coefficient (Wildman–Crippen LogP) is 4.56. The lowest BCUT2D eigenvalue weighted by Gasteiger charge is -2.25. The molecule has 0 saturated heterocycles. The van der Waals surface area contributed by atoms with Crippen molar-refractivity contribution in [2.24, 2.45) is 5.92 Å². The van der Waals surface area contributed by atoms with Gasteiger partial charge in [0.25, 0.3) is 0 Å². The van der Waals surface area contributed by atoms with E-state index in [1.165, 1.54) is 44.5 Å². The first kappa shape index (κ1) is 23.9. The number of carbonyl (C=O) groups excluding carboxylic acids is 1. The van der Waals surface area contributed by atoms with Crippen molar-refractivity contribution in [1.29, 1.82) is 0 Å². The van der Waals surface area contributed by atoms with Gasteiger partial charge in [-0.1, -0.05) is 61.4 Å². The number of nitrogens with two attached hydrogens (primary N) is 1. The standard InChI is InChI=1S/C25H24Cl2N8O2/c1-25(13-7-8-14(26)19(36)18(13)27)17-20(28)32-21(33-22(17)34-24(25)37)16-10-35-23(29-11-30-35)15(31-16)9-12-5-3-2-4-6-12/h7-8,10-12,36H,2-6,9H2,1H3,(H3,28,32,33,34,37). The first-order chi connectivity index (χ1) is 17.8. The van der Waals surface area contributed by atoms with E-state index in [0.29, 0.717) is 28.4 Å². The van der Waals surface area contributed by atoms with Crippen LogP contribution in [0.5, 0.6) is 5.75 Å². The summed E-state index contributed by atoms with van der Waals surface area (Å²) in [6.45, 7) is 1.66. The van der Waals surface area contributed by atoms with E-state index in [9.17, 15) is 9.90 Å². The molecular formula is C25H24Cl2N8O2. The zero-order valence-electron chi connectivity index (χ0n) is 20.0. The molecule has 1 atom stereocenters. The van der Waals surface area contributed by atoms with Crippen LogP contribution >= 0.6 is 23.2 Å². The van der Waals surface area contributed by atoms with Crippen molar-refractivity contribution in [1.82, 2.24) is 29.5 Å². The number of fused-ring (bicyclic) bond motifs is 2. The van der Waals surface area contributed by atoms with Crippen LogP contribution < -0.4 is 11.1 Å². The number of nitrogens with one attached hydrogen (secondary N) is 1. The number of rotatable bonds is 4. The number of aromatic nitrogens is 6. The third-order valence-electron chi connectivity index (χ3n) is 7.50. The molecule has 190 valence electrons. The summed E-state index contributed by atoms with van der Waals surface area (Å²) in [7, 11) is 0. The van der Waals surface area contributed by atoms with Gasteiger partial charge in [-0.15, -0.1) is 0 Å². The average molecular weight is 539 g/mol. The number of phenols is 1. The molecule has 4 N–H and O–H groups in total. The Bertz CT molecular complexity index is 1570. The Balaban J connectivity index is 1.45. The molecule has 12 heteroatoms. The normalized spacial score (nSPS) is 19.8. The van der Waals surface area contributed by atoms with Crippen LogP contribution in [-0.2, 0) is 16.6 Å². The molecule has 37 heavy (non-hydrogen) atoms. The fraction of sp³-hybridized carbons (Fsp3) is 0.360. The molecule has 1 unspecified atom stereocenters. The summed E-state index contributed by atoms with van der Waals surface area (Å²) in [5.41, 5.74) is 7.83. The minimum atomic E-state index is -1.34. The zero-order chi connectivity index (χ0) is 25.9. The van der Waals surface area contributed by atoms with Crippen molar-refractivity contribution in [3.63, 3.8) is 0 Å². The van der Waals surface area contributed by atoms with Crippen LogP contribution in [0.4, 0.5) is 11.6 Å². The van der Waals surface area contributed by atoms with Gasteiger partial charge in [0.15, 0.2) is 17.2 Å². The summed E-state index contributed by atoms with van der Waals surface area (Å²) >= 11 is 12.4. The van der Waals surface area contributed by atoms with E-state index in [1.54, 1.807) is 23.7 Å². The molecule has 3 aromatic heterocycles. The number of nitrogens with zero attached hydrogens (tertiary/aromatic N) is 6. The van der Waals surface area contributed by atoms with E-state index in [4.69, 9.17) is 33.9 Å². The predicted molar refractivity (Wildman–Crippen MR) is 140 cm³/mol. The molecule has 4 heterocycles. The van der Waals surface area contributed by atoms with E-state index in [1.807, 2.05) is 0 Å². The van der Waals surface area contributed by atoms with Crippen molar-refractivity contribution in [3.05, 3.63) is 51.5 Å². The summed E-state index contributed by atoms with van der Waals surface area (Å²) in [6, 6.07) is 3.06. The number of phenolic OH excluding ortho intramolecular Hbond substituents is 1. The van der Waals surface area contributed by atoms with Gasteiger partial charge in [0.2, 0.25) is 5.91 Å². The van der Waals surface area contributed by atoms with Crippen LogP contribution in [0.3, 0.4) is 0 Å². The fourth-order valence-corrected chi connectivity index (χ4v) is 6.07. The molecule has 10 nitrogen and oxygen atoms in total. The van der Waals surface area contributed by atoms with Gasteiger partial charge in [0, 0.05) is 0 Å². The molecule has 1 aromatic carbocycles. The van der Waals surface area contributed by atoms with Crippen LogP contribution in [0.2, 0.25) is 10.0 Å². The van der Waals surface area contributed by atoms with Gasteiger partial charge in [0.1, 0.15) is 29.1 Å². The van der Waals surface area contributed by atoms with E-state index < -0.39 is 11.3 Å². The van der Waals surface area contributed by atoms with Gasteiger partial charge in [-0.25, -0.2) is 24.5 Å².